The summed E-state index contributed by atoms with van der Waals surface area (Å²) >= 11 is 9.54. The molecule has 0 fully saturated rings. The second kappa shape index (κ2) is 11.1. The number of carboxylic acid groups (broad SMARTS) is 1. The average Bonchev–Trinajstić information content (AvgIpc) is 2.78. The molecule has 0 saturated heterocycles. The number of nitrogens with one attached hydrogen (secondary N) is 2. The Balaban J connectivity index is 1.64. The fraction of sp³-hybridized carbons (Fsp3) is 0.167. The highest BCUT2D eigenvalue weighted by Crippen LogP contribution is 2.34. The number of hydrogen-bond donors (Lipinski definition) is 3. The van der Waals surface area contributed by atoms with Gasteiger partial charge in [0.25, 0.3) is 5.91 Å². The molecule has 0 heterocycles. The van der Waals surface area contributed by atoms with E-state index in [0.717, 1.165) is 15.6 Å². The Morgan fingerprint density at radius 3 is 2.36 bits per heavy atom. The van der Waals surface area contributed by atoms with Gasteiger partial charge in [0.05, 0.1) is 17.7 Å². The van der Waals surface area contributed by atoms with Gasteiger partial charge in [-0.25, -0.2) is 4.79 Å². The molecule has 9 heteroatoms. The molecule has 0 radical (unpaired) electrons. The quantitative estimate of drug-likeness (QED) is 0.324. The van der Waals surface area contributed by atoms with Gasteiger partial charge in [-0.15, -0.1) is 0 Å². The van der Waals surface area contributed by atoms with Gasteiger partial charge in [0.15, 0.2) is 18.1 Å². The molecule has 0 saturated carbocycles. The van der Waals surface area contributed by atoms with Gasteiger partial charge in [0.1, 0.15) is 0 Å². The second-order valence-electron chi connectivity index (χ2n) is 7.15. The molecule has 1 amide bonds. The lowest BCUT2D eigenvalue weighted by atomic mass is 10.1. The molecular weight excluding hydrogens is 512 g/mol. The number of anilines is 2. The molecule has 0 aliphatic heterocycles. The van der Waals surface area contributed by atoms with Crippen LogP contribution in [0.3, 0.4) is 0 Å². The summed E-state index contributed by atoms with van der Waals surface area (Å²) in [6.45, 7) is 2.21. The summed E-state index contributed by atoms with van der Waals surface area (Å²) in [4.78, 5) is 23.3. The molecule has 0 aliphatic rings. The van der Waals surface area contributed by atoms with Crippen LogP contribution in [0, 0.1) is 6.92 Å². The van der Waals surface area contributed by atoms with Crippen LogP contribution >= 0.6 is 27.5 Å². The van der Waals surface area contributed by atoms with Gasteiger partial charge in [-0.3, -0.25) is 4.79 Å². The summed E-state index contributed by atoms with van der Waals surface area (Å²) in [7, 11) is 1.52. The van der Waals surface area contributed by atoms with Crippen LogP contribution in [0.15, 0.2) is 59.1 Å². The first kappa shape index (κ1) is 24.4. The number of halogens is 2. The fourth-order valence-electron chi connectivity index (χ4n) is 2.96. The van der Waals surface area contributed by atoms with Crippen molar-refractivity contribution in [2.75, 3.05) is 24.4 Å². The normalized spacial score (nSPS) is 10.4. The van der Waals surface area contributed by atoms with Gasteiger partial charge in [0.2, 0.25) is 0 Å². The van der Waals surface area contributed by atoms with Crippen molar-refractivity contribution in [1.82, 2.24) is 0 Å². The van der Waals surface area contributed by atoms with Crippen LogP contribution in [0.1, 0.15) is 21.5 Å². The minimum absolute atomic E-state index is 0.0398. The zero-order valence-corrected chi connectivity index (χ0v) is 20.3. The monoisotopic (exact) mass is 532 g/mol. The third-order valence-electron chi connectivity index (χ3n) is 4.71. The molecule has 3 N–H and O–H groups in total. The van der Waals surface area contributed by atoms with Crippen LogP contribution in [0.4, 0.5) is 11.4 Å². The molecule has 0 bridgehead atoms. The van der Waals surface area contributed by atoms with Gasteiger partial charge < -0.3 is 25.2 Å². The van der Waals surface area contributed by atoms with Crippen LogP contribution in [0.25, 0.3) is 0 Å². The molecule has 3 aromatic rings. The predicted octanol–water partition coefficient (Wildman–Crippen LogP) is 5.75. The number of carboxylic acids is 1. The van der Waals surface area contributed by atoms with E-state index in [-0.39, 0.29) is 23.1 Å². The first-order valence-corrected chi connectivity index (χ1v) is 11.1. The van der Waals surface area contributed by atoms with E-state index in [0.29, 0.717) is 29.4 Å². The predicted molar refractivity (Wildman–Crippen MR) is 132 cm³/mol. The summed E-state index contributed by atoms with van der Waals surface area (Å²) < 4.78 is 11.8. The van der Waals surface area contributed by atoms with Crippen molar-refractivity contribution in [3.8, 4) is 11.5 Å². The van der Waals surface area contributed by atoms with Crippen LogP contribution < -0.4 is 20.1 Å². The summed E-state index contributed by atoms with van der Waals surface area (Å²) in [5.74, 6) is -0.481. The Hall–Kier alpha value is -3.23. The number of benzene rings is 3. The Morgan fingerprint density at radius 2 is 1.73 bits per heavy atom. The molecule has 0 aromatic heterocycles. The molecular formula is C24H22BrClN2O5. The van der Waals surface area contributed by atoms with Crippen molar-refractivity contribution < 1.29 is 24.2 Å². The number of rotatable bonds is 9. The van der Waals surface area contributed by atoms with Gasteiger partial charge in [-0.1, -0.05) is 45.2 Å². The molecule has 0 atom stereocenters. The summed E-state index contributed by atoms with van der Waals surface area (Å²) in [6.07, 6.45) is 0. The summed E-state index contributed by atoms with van der Waals surface area (Å²) in [5, 5.41) is 15.2. The van der Waals surface area contributed by atoms with Crippen molar-refractivity contribution in [2.24, 2.45) is 0 Å². The third kappa shape index (κ3) is 6.63. The van der Waals surface area contributed by atoms with E-state index in [9.17, 15) is 9.59 Å². The van der Waals surface area contributed by atoms with Gasteiger partial charge in [-0.2, -0.15) is 0 Å². The second-order valence-corrected chi connectivity index (χ2v) is 8.41. The largest absolute Gasteiger partial charge is 0.493 e. The van der Waals surface area contributed by atoms with Gasteiger partial charge >= 0.3 is 5.97 Å². The molecule has 3 rings (SSSR count). The number of aryl methyl sites for hydroxylation is 1. The highest BCUT2D eigenvalue weighted by atomic mass is 79.9. The Kier molecular flexibility index (Phi) is 8.19. The third-order valence-corrected chi connectivity index (χ3v) is 5.76. The smallest absolute Gasteiger partial charge is 0.337 e. The van der Waals surface area contributed by atoms with E-state index in [2.05, 4.69) is 26.6 Å². The number of amides is 1. The average molecular weight is 534 g/mol. The maximum atomic E-state index is 12.2. The Labute approximate surface area is 204 Å². The van der Waals surface area contributed by atoms with Crippen LogP contribution in [-0.2, 0) is 11.3 Å². The standard InChI is InChI=1S/C24H22BrClN2O5/c1-14-3-5-16(6-4-14)28-23(29)13-33-22-11-19(25)15(9-21(22)32-2)12-27-17-7-8-18(24(30)31)20(26)10-17/h3-11,27H,12-13H2,1-2H3,(H,28,29)(H,30,31). The Bertz CT molecular complexity index is 1170. The summed E-state index contributed by atoms with van der Waals surface area (Å²) in [6, 6.07) is 15.7. The highest BCUT2D eigenvalue weighted by molar-refractivity contribution is 9.10. The van der Waals surface area contributed by atoms with Crippen molar-refractivity contribution in [3.63, 3.8) is 0 Å². The maximum absolute atomic E-state index is 12.2. The molecule has 0 aliphatic carbocycles. The van der Waals surface area contributed by atoms with Gasteiger partial charge in [0, 0.05) is 22.4 Å². The number of ether oxygens (including phenoxy) is 2. The van der Waals surface area contributed by atoms with Crippen molar-refractivity contribution in [2.45, 2.75) is 13.5 Å². The molecule has 3 aromatic carbocycles. The lowest BCUT2D eigenvalue weighted by Gasteiger charge is -2.15. The maximum Gasteiger partial charge on any atom is 0.337 e. The van der Waals surface area contributed by atoms with Crippen molar-refractivity contribution in [3.05, 3.63) is 80.8 Å². The highest BCUT2D eigenvalue weighted by Gasteiger charge is 2.13. The lowest BCUT2D eigenvalue weighted by molar-refractivity contribution is -0.118. The van der Waals surface area contributed by atoms with Crippen LogP contribution in [-0.4, -0.2) is 30.7 Å². The zero-order valence-electron chi connectivity index (χ0n) is 17.9. The Morgan fingerprint density at radius 1 is 1.03 bits per heavy atom. The molecule has 172 valence electrons. The van der Waals surface area contributed by atoms with E-state index in [1.165, 1.54) is 13.2 Å². The molecule has 33 heavy (non-hydrogen) atoms. The first-order chi connectivity index (χ1) is 15.8. The van der Waals surface area contributed by atoms with E-state index in [1.807, 2.05) is 31.2 Å². The SMILES string of the molecule is COc1cc(CNc2ccc(C(=O)O)c(Cl)c2)c(Br)cc1OCC(=O)Nc1ccc(C)cc1. The minimum atomic E-state index is -1.08. The fourth-order valence-corrected chi connectivity index (χ4v) is 3.68. The summed E-state index contributed by atoms with van der Waals surface area (Å²) in [5.41, 5.74) is 3.37. The topological polar surface area (TPSA) is 96.9 Å². The van der Waals surface area contributed by atoms with Crippen LogP contribution in [0.2, 0.25) is 5.02 Å². The van der Waals surface area contributed by atoms with Crippen LogP contribution in [0.5, 0.6) is 11.5 Å². The zero-order chi connectivity index (χ0) is 24.0. The van der Waals surface area contributed by atoms with E-state index in [1.54, 1.807) is 24.3 Å². The van der Waals surface area contributed by atoms with Gasteiger partial charge in [-0.05, 0) is 55.0 Å². The van der Waals surface area contributed by atoms with Crippen molar-refractivity contribution in [1.29, 1.82) is 0 Å². The minimum Gasteiger partial charge on any atom is -0.493 e. The van der Waals surface area contributed by atoms with Crippen molar-refractivity contribution >= 4 is 50.8 Å². The van der Waals surface area contributed by atoms with E-state index < -0.39 is 5.97 Å². The molecule has 7 nitrogen and oxygen atoms in total. The molecule has 0 spiro atoms. The number of methoxy groups -OCH3 is 1. The number of carbonyl (C=O) groups is 2. The molecule has 0 unspecified atom stereocenters. The van der Waals surface area contributed by atoms with E-state index in [4.69, 9.17) is 26.2 Å². The lowest BCUT2D eigenvalue weighted by Crippen LogP contribution is -2.20. The van der Waals surface area contributed by atoms with E-state index >= 15 is 0 Å². The number of hydrogen-bond acceptors (Lipinski definition) is 5. The first-order valence-electron chi connectivity index (χ1n) is 9.89. The number of aromatic carboxylic acids is 1. The number of carbonyl (C=O) groups excluding carboxylic acids is 1.